The summed E-state index contributed by atoms with van der Waals surface area (Å²) in [6, 6.07) is 10.4. The molecule has 1 aliphatic heterocycles. The predicted octanol–water partition coefficient (Wildman–Crippen LogP) is 4.87. The van der Waals surface area contributed by atoms with Crippen LogP contribution in [0.4, 0.5) is 11.5 Å². The zero-order chi connectivity index (χ0) is 25.9. The highest BCUT2D eigenvalue weighted by Gasteiger charge is 2.34. The summed E-state index contributed by atoms with van der Waals surface area (Å²) in [5, 5.41) is -0.0311. The van der Waals surface area contributed by atoms with Gasteiger partial charge in [-0.15, -0.1) is 0 Å². The average Bonchev–Trinajstić information content (AvgIpc) is 2.85. The van der Waals surface area contributed by atoms with Gasteiger partial charge in [-0.2, -0.15) is 0 Å². The summed E-state index contributed by atoms with van der Waals surface area (Å²) in [6.07, 6.45) is 2.72. The first-order valence-corrected chi connectivity index (χ1v) is 13.3. The molecule has 0 radical (unpaired) electrons. The highest BCUT2D eigenvalue weighted by Crippen LogP contribution is 2.48. The number of morpholine rings is 1. The number of sulfonamides is 1. The van der Waals surface area contributed by atoms with Gasteiger partial charge in [0.15, 0.2) is 17.2 Å². The van der Waals surface area contributed by atoms with Crippen LogP contribution in [0.5, 0.6) is 17.2 Å². The molecular formula is C25H29ClN4O5S. The van der Waals surface area contributed by atoms with Gasteiger partial charge < -0.3 is 19.1 Å². The van der Waals surface area contributed by atoms with Gasteiger partial charge in [-0.1, -0.05) is 44.5 Å². The summed E-state index contributed by atoms with van der Waals surface area (Å²) < 4.78 is 47.3. The summed E-state index contributed by atoms with van der Waals surface area (Å²) >= 11 is 6.96. The molecule has 36 heavy (non-hydrogen) atoms. The highest BCUT2D eigenvalue weighted by atomic mass is 35.5. The number of hydrogen-bond acceptors (Lipinski definition) is 8. The van der Waals surface area contributed by atoms with Gasteiger partial charge in [-0.25, -0.2) is 18.4 Å². The Morgan fingerprint density at radius 3 is 2.42 bits per heavy atom. The Morgan fingerprint density at radius 2 is 1.81 bits per heavy atom. The fourth-order valence-electron chi connectivity index (χ4n) is 3.91. The molecule has 192 valence electrons. The molecule has 11 heteroatoms. The topological polar surface area (TPSA) is 103 Å². The molecule has 1 saturated heterocycles. The number of rotatable bonds is 7. The Labute approximate surface area is 216 Å². The molecule has 0 bridgehead atoms. The van der Waals surface area contributed by atoms with Crippen molar-refractivity contribution < 1.29 is 22.6 Å². The maximum Gasteiger partial charge on any atom is 0.266 e. The van der Waals surface area contributed by atoms with Crippen LogP contribution in [0, 0.1) is 0 Å². The maximum atomic E-state index is 13.8. The Kier molecular flexibility index (Phi) is 7.58. The van der Waals surface area contributed by atoms with E-state index in [0.29, 0.717) is 43.5 Å². The van der Waals surface area contributed by atoms with Gasteiger partial charge in [0.25, 0.3) is 10.0 Å². The van der Waals surface area contributed by atoms with E-state index in [9.17, 15) is 8.42 Å². The van der Waals surface area contributed by atoms with E-state index in [0.717, 1.165) is 5.56 Å². The first-order valence-electron chi connectivity index (χ1n) is 11.4. The van der Waals surface area contributed by atoms with Crippen molar-refractivity contribution in [1.82, 2.24) is 9.97 Å². The molecule has 0 saturated carbocycles. The second-order valence-corrected chi connectivity index (χ2v) is 11.2. The van der Waals surface area contributed by atoms with Crippen LogP contribution in [0.2, 0.25) is 5.02 Å². The average molecular weight is 533 g/mol. The molecule has 2 heterocycles. The van der Waals surface area contributed by atoms with Gasteiger partial charge >= 0.3 is 0 Å². The standard InChI is InChI=1S/C25H29ClN4O5S/c1-25(2,3)17-15-18(30-11-13-34-14-12-30)24(36(31,32)29-21-9-10-27-16-28-21)22(26)23(17)35-20-8-6-5-7-19(20)33-4/h5-10,15-16H,11-14H2,1-4H3,(H,27,28,29). The van der Waals surface area contributed by atoms with Crippen LogP contribution in [-0.4, -0.2) is 51.8 Å². The van der Waals surface area contributed by atoms with E-state index in [1.165, 1.54) is 25.7 Å². The van der Waals surface area contributed by atoms with Crippen LogP contribution in [0.1, 0.15) is 26.3 Å². The molecule has 1 aliphatic rings. The van der Waals surface area contributed by atoms with Crippen LogP contribution in [-0.2, 0) is 20.2 Å². The van der Waals surface area contributed by atoms with Crippen molar-refractivity contribution in [2.24, 2.45) is 0 Å². The van der Waals surface area contributed by atoms with Crippen molar-refractivity contribution >= 4 is 33.1 Å². The minimum absolute atomic E-state index is 0.0311. The number of halogens is 1. The lowest BCUT2D eigenvalue weighted by molar-refractivity contribution is 0.122. The van der Waals surface area contributed by atoms with E-state index in [1.54, 1.807) is 18.2 Å². The number of para-hydroxylation sites is 2. The van der Waals surface area contributed by atoms with Crippen LogP contribution in [0.3, 0.4) is 0 Å². The lowest BCUT2D eigenvalue weighted by Gasteiger charge is -2.33. The maximum absolute atomic E-state index is 13.8. The van der Waals surface area contributed by atoms with Crippen molar-refractivity contribution in [1.29, 1.82) is 0 Å². The molecular weight excluding hydrogens is 504 g/mol. The van der Waals surface area contributed by atoms with E-state index in [-0.39, 0.29) is 21.5 Å². The molecule has 2 aromatic carbocycles. The van der Waals surface area contributed by atoms with Gasteiger partial charge in [-0.3, -0.25) is 4.72 Å². The Hall–Kier alpha value is -3.08. The second-order valence-electron chi connectivity index (χ2n) is 9.22. The lowest BCUT2D eigenvalue weighted by Crippen LogP contribution is -2.37. The van der Waals surface area contributed by atoms with Crippen LogP contribution in [0.15, 0.2) is 53.8 Å². The predicted molar refractivity (Wildman–Crippen MR) is 139 cm³/mol. The summed E-state index contributed by atoms with van der Waals surface area (Å²) in [5.74, 6) is 1.28. The number of aromatic nitrogens is 2. The normalized spacial score (nSPS) is 14.4. The van der Waals surface area contributed by atoms with Crippen LogP contribution in [0.25, 0.3) is 0 Å². The Bertz CT molecular complexity index is 1320. The number of methoxy groups -OCH3 is 1. The summed E-state index contributed by atoms with van der Waals surface area (Å²) in [5.41, 5.74) is 0.799. The molecule has 1 aromatic heterocycles. The molecule has 0 spiro atoms. The first kappa shape index (κ1) is 26.0. The number of hydrogen-bond donors (Lipinski definition) is 1. The molecule has 1 fully saturated rings. The van der Waals surface area contributed by atoms with Crippen molar-refractivity contribution in [3.05, 3.63) is 59.5 Å². The Morgan fingerprint density at radius 1 is 1.11 bits per heavy atom. The van der Waals surface area contributed by atoms with E-state index >= 15 is 0 Å². The third kappa shape index (κ3) is 5.50. The summed E-state index contributed by atoms with van der Waals surface area (Å²) in [7, 11) is -2.64. The van der Waals surface area contributed by atoms with Crippen molar-refractivity contribution in [3.8, 4) is 17.2 Å². The molecule has 1 N–H and O–H groups in total. The molecule has 4 rings (SSSR count). The third-order valence-corrected chi connectivity index (χ3v) is 7.59. The molecule has 0 unspecified atom stereocenters. The largest absolute Gasteiger partial charge is 0.493 e. The van der Waals surface area contributed by atoms with E-state index in [1.807, 2.05) is 37.8 Å². The number of nitrogens with one attached hydrogen (secondary N) is 1. The minimum Gasteiger partial charge on any atom is -0.493 e. The summed E-state index contributed by atoms with van der Waals surface area (Å²) in [4.78, 5) is 9.72. The van der Waals surface area contributed by atoms with Crippen molar-refractivity contribution in [2.45, 2.75) is 31.1 Å². The fourth-order valence-corrected chi connectivity index (χ4v) is 5.74. The van der Waals surface area contributed by atoms with Gasteiger partial charge in [0.1, 0.15) is 22.1 Å². The molecule has 9 nitrogen and oxygen atoms in total. The Balaban J connectivity index is 1.95. The van der Waals surface area contributed by atoms with E-state index in [4.69, 9.17) is 25.8 Å². The van der Waals surface area contributed by atoms with Crippen molar-refractivity contribution in [3.63, 3.8) is 0 Å². The summed E-state index contributed by atoms with van der Waals surface area (Å²) in [6.45, 7) is 8.03. The molecule has 3 aromatic rings. The van der Waals surface area contributed by atoms with E-state index in [2.05, 4.69) is 14.7 Å². The first-order chi connectivity index (χ1) is 17.1. The van der Waals surface area contributed by atoms with Gasteiger partial charge in [0.2, 0.25) is 0 Å². The third-order valence-electron chi connectivity index (χ3n) is 5.69. The zero-order valence-corrected chi connectivity index (χ0v) is 22.2. The molecule has 0 atom stereocenters. The van der Waals surface area contributed by atoms with Crippen molar-refractivity contribution in [2.75, 3.05) is 43.0 Å². The SMILES string of the molecule is COc1ccccc1Oc1c(C(C)(C)C)cc(N2CCOCC2)c(S(=O)(=O)Nc2ccncn2)c1Cl. The lowest BCUT2D eigenvalue weighted by atomic mass is 9.85. The monoisotopic (exact) mass is 532 g/mol. The highest BCUT2D eigenvalue weighted by molar-refractivity contribution is 7.93. The number of benzene rings is 2. The van der Waals surface area contributed by atoms with Crippen LogP contribution < -0.4 is 19.1 Å². The van der Waals surface area contributed by atoms with Gasteiger partial charge in [-0.05, 0) is 29.7 Å². The fraction of sp³-hybridized carbons (Fsp3) is 0.360. The minimum atomic E-state index is -4.18. The second kappa shape index (κ2) is 10.5. The zero-order valence-electron chi connectivity index (χ0n) is 20.6. The van der Waals surface area contributed by atoms with Crippen LogP contribution >= 0.6 is 11.6 Å². The number of ether oxygens (including phenoxy) is 3. The number of anilines is 2. The van der Waals surface area contributed by atoms with Gasteiger partial charge in [0, 0.05) is 24.8 Å². The number of nitrogens with zero attached hydrogens (tertiary/aromatic N) is 3. The smallest absolute Gasteiger partial charge is 0.266 e. The van der Waals surface area contributed by atoms with Gasteiger partial charge in [0.05, 0.1) is 26.0 Å². The van der Waals surface area contributed by atoms with E-state index < -0.39 is 15.4 Å². The molecule has 0 amide bonds. The molecule has 0 aliphatic carbocycles. The quantitative estimate of drug-likeness (QED) is 0.460.